The highest BCUT2D eigenvalue weighted by molar-refractivity contribution is 5.87. The lowest BCUT2D eigenvalue weighted by atomic mass is 10.0. The summed E-state index contributed by atoms with van der Waals surface area (Å²) in [5.74, 6) is 0. The molecule has 0 unspecified atom stereocenters. The number of nitrogens with zero attached hydrogens (tertiary/aromatic N) is 2. The van der Waals surface area contributed by atoms with E-state index in [4.69, 9.17) is 0 Å². The molecular formula is C27H22N2. The molecular weight excluding hydrogens is 352 g/mol. The molecule has 1 heterocycles. The van der Waals surface area contributed by atoms with Crippen LogP contribution in [0.5, 0.6) is 0 Å². The van der Waals surface area contributed by atoms with E-state index in [0.717, 1.165) is 18.8 Å². The summed E-state index contributed by atoms with van der Waals surface area (Å²) in [4.78, 5) is 6.79. The molecule has 1 aromatic heterocycles. The van der Waals surface area contributed by atoms with Gasteiger partial charge in [-0.3, -0.25) is 4.98 Å². The zero-order valence-electron chi connectivity index (χ0n) is 16.2. The number of fused-ring (bicyclic) bond motifs is 2. The van der Waals surface area contributed by atoms with E-state index < -0.39 is 0 Å². The van der Waals surface area contributed by atoms with E-state index in [9.17, 15) is 0 Å². The van der Waals surface area contributed by atoms with Gasteiger partial charge in [0.2, 0.25) is 0 Å². The largest absolute Gasteiger partial charge is 0.362 e. The molecule has 140 valence electrons. The number of benzene rings is 4. The van der Waals surface area contributed by atoms with Crippen molar-refractivity contribution in [1.82, 2.24) is 4.98 Å². The molecule has 0 amide bonds. The van der Waals surface area contributed by atoms with Crippen molar-refractivity contribution in [3.8, 4) is 0 Å². The Hall–Kier alpha value is -3.65. The lowest BCUT2D eigenvalue weighted by molar-refractivity contribution is 0.805. The number of anilines is 1. The van der Waals surface area contributed by atoms with Gasteiger partial charge in [0.25, 0.3) is 0 Å². The van der Waals surface area contributed by atoms with Crippen LogP contribution in [0.4, 0.5) is 5.69 Å². The molecule has 4 aromatic carbocycles. The fourth-order valence-corrected chi connectivity index (χ4v) is 4.05. The number of hydrogen-bond acceptors (Lipinski definition) is 2. The molecule has 0 aliphatic carbocycles. The molecule has 0 fully saturated rings. The summed E-state index contributed by atoms with van der Waals surface area (Å²) < 4.78 is 0. The topological polar surface area (TPSA) is 16.1 Å². The smallest absolute Gasteiger partial charge is 0.0558 e. The third-order valence-corrected chi connectivity index (χ3v) is 5.49. The van der Waals surface area contributed by atoms with Crippen LogP contribution in [-0.2, 0) is 13.1 Å². The van der Waals surface area contributed by atoms with Crippen molar-refractivity contribution < 1.29 is 0 Å². The molecule has 2 nitrogen and oxygen atoms in total. The normalized spacial score (nSPS) is 11.0. The Morgan fingerprint density at radius 1 is 0.552 bits per heavy atom. The second-order valence-corrected chi connectivity index (χ2v) is 7.34. The molecule has 0 N–H and O–H groups in total. The van der Waals surface area contributed by atoms with Gasteiger partial charge in [-0.25, -0.2) is 0 Å². The standard InChI is InChI=1S/C27H22N2/c1-3-15-26-21(8-1)10-5-12-23(26)19-29(25-14-7-17-28-18-25)20-24-13-6-11-22-9-2-4-16-27(22)24/h1-18H,19-20H2. The third-order valence-electron chi connectivity index (χ3n) is 5.49. The van der Waals surface area contributed by atoms with Crippen molar-refractivity contribution in [2.24, 2.45) is 0 Å². The van der Waals surface area contributed by atoms with Crippen LogP contribution in [-0.4, -0.2) is 4.98 Å². The average Bonchev–Trinajstić information content (AvgIpc) is 2.80. The molecule has 0 aliphatic heterocycles. The molecule has 0 radical (unpaired) electrons. The van der Waals surface area contributed by atoms with Crippen LogP contribution in [0.1, 0.15) is 11.1 Å². The Morgan fingerprint density at radius 3 is 1.66 bits per heavy atom. The summed E-state index contributed by atoms with van der Waals surface area (Å²) in [6.07, 6.45) is 3.79. The van der Waals surface area contributed by atoms with Gasteiger partial charge >= 0.3 is 0 Å². The Kier molecular flexibility index (Phi) is 4.67. The zero-order chi connectivity index (χ0) is 19.5. The molecule has 0 spiro atoms. The Bertz CT molecular complexity index is 1170. The molecule has 0 aliphatic rings. The zero-order valence-corrected chi connectivity index (χ0v) is 16.2. The first kappa shape index (κ1) is 17.4. The van der Waals surface area contributed by atoms with Gasteiger partial charge < -0.3 is 4.90 Å². The molecule has 2 heteroatoms. The van der Waals surface area contributed by atoms with Gasteiger partial charge in [0.1, 0.15) is 0 Å². The third kappa shape index (κ3) is 3.57. The fourth-order valence-electron chi connectivity index (χ4n) is 4.05. The molecule has 0 saturated carbocycles. The first-order chi connectivity index (χ1) is 14.4. The predicted octanol–water partition coefficient (Wildman–Crippen LogP) is 6.59. The van der Waals surface area contributed by atoms with E-state index in [1.165, 1.54) is 32.7 Å². The SMILES string of the molecule is c1cncc(N(Cc2cccc3ccccc23)Cc2cccc3ccccc23)c1. The second kappa shape index (κ2) is 7.76. The number of rotatable bonds is 5. The van der Waals surface area contributed by atoms with E-state index in [-0.39, 0.29) is 0 Å². The molecule has 0 bridgehead atoms. The highest BCUT2D eigenvalue weighted by Crippen LogP contribution is 2.26. The second-order valence-electron chi connectivity index (χ2n) is 7.34. The van der Waals surface area contributed by atoms with Crippen LogP contribution >= 0.6 is 0 Å². The Labute approximate surface area is 171 Å². The molecule has 5 rings (SSSR count). The van der Waals surface area contributed by atoms with Crippen LogP contribution in [0.25, 0.3) is 21.5 Å². The van der Waals surface area contributed by atoms with E-state index in [1.807, 2.05) is 18.5 Å². The fraction of sp³-hybridized carbons (Fsp3) is 0.0741. The van der Waals surface area contributed by atoms with Gasteiger partial charge in [-0.05, 0) is 44.8 Å². The van der Waals surface area contributed by atoms with Gasteiger partial charge in [0.05, 0.1) is 11.9 Å². The van der Waals surface area contributed by atoms with Crippen LogP contribution in [0.15, 0.2) is 109 Å². The number of pyridine rings is 1. The van der Waals surface area contributed by atoms with Crippen molar-refractivity contribution in [3.05, 3.63) is 121 Å². The summed E-state index contributed by atoms with van der Waals surface area (Å²) in [6, 6.07) is 34.5. The molecule has 5 aromatic rings. The van der Waals surface area contributed by atoms with Gasteiger partial charge in [-0.15, -0.1) is 0 Å². The summed E-state index contributed by atoms with van der Waals surface area (Å²) in [5, 5.41) is 5.17. The first-order valence-corrected chi connectivity index (χ1v) is 9.97. The monoisotopic (exact) mass is 374 g/mol. The summed E-state index contributed by atoms with van der Waals surface area (Å²) >= 11 is 0. The Balaban J connectivity index is 1.57. The maximum atomic E-state index is 4.37. The van der Waals surface area contributed by atoms with Crippen molar-refractivity contribution in [3.63, 3.8) is 0 Å². The predicted molar refractivity (Wildman–Crippen MR) is 122 cm³/mol. The van der Waals surface area contributed by atoms with Crippen LogP contribution in [0, 0.1) is 0 Å². The summed E-state index contributed by atoms with van der Waals surface area (Å²) in [5.41, 5.74) is 3.78. The van der Waals surface area contributed by atoms with Crippen molar-refractivity contribution in [2.45, 2.75) is 13.1 Å². The minimum atomic E-state index is 0.830. The average molecular weight is 374 g/mol. The maximum absolute atomic E-state index is 4.37. The van der Waals surface area contributed by atoms with Crippen molar-refractivity contribution in [2.75, 3.05) is 4.90 Å². The lowest BCUT2D eigenvalue weighted by Gasteiger charge is -2.26. The van der Waals surface area contributed by atoms with Crippen LogP contribution in [0.3, 0.4) is 0 Å². The number of aromatic nitrogens is 1. The highest BCUT2D eigenvalue weighted by Gasteiger charge is 2.12. The van der Waals surface area contributed by atoms with Gasteiger partial charge in [0.15, 0.2) is 0 Å². The van der Waals surface area contributed by atoms with E-state index >= 15 is 0 Å². The van der Waals surface area contributed by atoms with Gasteiger partial charge in [-0.1, -0.05) is 84.9 Å². The highest BCUT2D eigenvalue weighted by atomic mass is 15.1. The van der Waals surface area contributed by atoms with Crippen molar-refractivity contribution >= 4 is 27.2 Å². The first-order valence-electron chi connectivity index (χ1n) is 9.97. The van der Waals surface area contributed by atoms with E-state index in [2.05, 4.69) is 101 Å². The summed E-state index contributed by atoms with van der Waals surface area (Å²) in [6.45, 7) is 1.66. The van der Waals surface area contributed by atoms with Crippen LogP contribution < -0.4 is 4.90 Å². The van der Waals surface area contributed by atoms with Gasteiger partial charge in [0, 0.05) is 19.3 Å². The summed E-state index contributed by atoms with van der Waals surface area (Å²) in [7, 11) is 0. The number of hydrogen-bond donors (Lipinski definition) is 0. The molecule has 0 saturated heterocycles. The van der Waals surface area contributed by atoms with E-state index in [1.54, 1.807) is 0 Å². The molecule has 0 atom stereocenters. The molecule has 29 heavy (non-hydrogen) atoms. The van der Waals surface area contributed by atoms with E-state index in [0.29, 0.717) is 0 Å². The lowest BCUT2D eigenvalue weighted by Crippen LogP contribution is -2.22. The Morgan fingerprint density at radius 2 is 1.10 bits per heavy atom. The maximum Gasteiger partial charge on any atom is 0.0558 e. The van der Waals surface area contributed by atoms with Crippen LogP contribution in [0.2, 0.25) is 0 Å². The van der Waals surface area contributed by atoms with Crippen molar-refractivity contribution in [1.29, 1.82) is 0 Å². The minimum absolute atomic E-state index is 0.830. The van der Waals surface area contributed by atoms with Gasteiger partial charge in [-0.2, -0.15) is 0 Å². The quantitative estimate of drug-likeness (QED) is 0.345. The minimum Gasteiger partial charge on any atom is -0.362 e.